The summed E-state index contributed by atoms with van der Waals surface area (Å²) in [5, 5.41) is 12.9. The molecular weight excluding hydrogens is 266 g/mol. The van der Waals surface area contributed by atoms with Gasteiger partial charge in [0.05, 0.1) is 11.3 Å². The summed E-state index contributed by atoms with van der Waals surface area (Å²) >= 11 is 1.65. The maximum atomic E-state index is 9.48. The Morgan fingerprint density at radius 1 is 1.40 bits per heavy atom. The van der Waals surface area contributed by atoms with Crippen LogP contribution in [0.5, 0.6) is 0 Å². The lowest BCUT2D eigenvalue weighted by Gasteiger charge is -2.31. The van der Waals surface area contributed by atoms with E-state index in [1.807, 2.05) is 12.3 Å². The lowest BCUT2D eigenvalue weighted by Crippen LogP contribution is -2.36. The maximum absolute atomic E-state index is 9.48. The third-order valence-corrected chi connectivity index (χ3v) is 4.78. The summed E-state index contributed by atoms with van der Waals surface area (Å²) in [6.45, 7) is 6.44. The van der Waals surface area contributed by atoms with Crippen LogP contribution in [0.4, 0.5) is 5.69 Å². The highest BCUT2D eigenvalue weighted by atomic mass is 32.2. The van der Waals surface area contributed by atoms with Gasteiger partial charge in [0.1, 0.15) is 6.07 Å². The largest absolute Gasteiger partial charge is 0.370 e. The van der Waals surface area contributed by atoms with Gasteiger partial charge in [0, 0.05) is 18.0 Å². The Morgan fingerprint density at radius 3 is 2.75 bits per heavy atom. The van der Waals surface area contributed by atoms with Crippen LogP contribution in [-0.4, -0.2) is 32.4 Å². The molecule has 20 heavy (non-hydrogen) atoms. The van der Waals surface area contributed by atoms with Crippen molar-refractivity contribution >= 4 is 17.4 Å². The minimum atomic E-state index is 0.737. The van der Waals surface area contributed by atoms with Gasteiger partial charge in [0.25, 0.3) is 0 Å². The molecule has 0 amide bonds. The van der Waals surface area contributed by atoms with Crippen molar-refractivity contribution in [2.75, 3.05) is 37.3 Å². The number of anilines is 1. The van der Waals surface area contributed by atoms with E-state index in [2.05, 4.69) is 35.3 Å². The highest BCUT2D eigenvalue weighted by molar-refractivity contribution is 7.98. The van der Waals surface area contributed by atoms with E-state index in [0.29, 0.717) is 0 Å². The monoisotopic (exact) mass is 289 g/mol. The molecule has 0 radical (unpaired) electrons. The summed E-state index contributed by atoms with van der Waals surface area (Å²) in [6, 6.07) is 8.57. The lowest BCUT2D eigenvalue weighted by atomic mass is 9.97. The Labute approximate surface area is 126 Å². The lowest BCUT2D eigenvalue weighted by molar-refractivity contribution is 0.374. The standard InChI is InChI=1S/C16H23N3S/c1-3-19(12-13-7-9-18-10-8-13)15-5-4-6-16(20-2)14(15)11-17/h4-6,13,18H,3,7-10,12H2,1-2H3. The predicted octanol–water partition coefficient (Wildman–Crippen LogP) is 3.11. The summed E-state index contributed by atoms with van der Waals surface area (Å²) in [5.74, 6) is 0.737. The van der Waals surface area contributed by atoms with Gasteiger partial charge in [-0.2, -0.15) is 5.26 Å². The van der Waals surface area contributed by atoms with Gasteiger partial charge in [-0.25, -0.2) is 0 Å². The third kappa shape index (κ3) is 3.47. The molecule has 0 aliphatic carbocycles. The fourth-order valence-corrected chi connectivity index (χ4v) is 3.41. The van der Waals surface area contributed by atoms with Gasteiger partial charge in [-0.1, -0.05) is 6.07 Å². The summed E-state index contributed by atoms with van der Waals surface area (Å²) < 4.78 is 0. The number of nitriles is 1. The molecule has 3 nitrogen and oxygen atoms in total. The van der Waals surface area contributed by atoms with Crippen LogP contribution in [-0.2, 0) is 0 Å². The number of nitrogens with zero attached hydrogens (tertiary/aromatic N) is 2. The highest BCUT2D eigenvalue weighted by Gasteiger charge is 2.19. The SMILES string of the molecule is CCN(CC1CCNCC1)c1cccc(SC)c1C#N. The van der Waals surface area contributed by atoms with Crippen molar-refractivity contribution in [1.82, 2.24) is 5.32 Å². The molecule has 1 aromatic carbocycles. The zero-order valence-corrected chi connectivity index (χ0v) is 13.2. The molecular formula is C16H23N3S. The van der Waals surface area contributed by atoms with Crippen LogP contribution >= 0.6 is 11.8 Å². The van der Waals surface area contributed by atoms with Crippen LogP contribution in [0.3, 0.4) is 0 Å². The molecule has 4 heteroatoms. The normalized spacial score (nSPS) is 15.8. The van der Waals surface area contributed by atoms with Crippen LogP contribution in [0, 0.1) is 17.2 Å². The number of hydrogen-bond donors (Lipinski definition) is 1. The minimum absolute atomic E-state index is 0.737. The topological polar surface area (TPSA) is 39.1 Å². The van der Waals surface area contributed by atoms with Crippen LogP contribution < -0.4 is 10.2 Å². The molecule has 1 N–H and O–H groups in total. The van der Waals surface area contributed by atoms with Gasteiger partial charge in [0.15, 0.2) is 0 Å². The second-order valence-corrected chi connectivity index (χ2v) is 6.05. The van der Waals surface area contributed by atoms with E-state index in [9.17, 15) is 5.26 Å². The number of rotatable bonds is 5. The van der Waals surface area contributed by atoms with Crippen LogP contribution in [0.1, 0.15) is 25.3 Å². The zero-order valence-electron chi connectivity index (χ0n) is 12.4. The average molecular weight is 289 g/mol. The van der Waals surface area contributed by atoms with Crippen molar-refractivity contribution in [3.05, 3.63) is 23.8 Å². The predicted molar refractivity (Wildman–Crippen MR) is 86.4 cm³/mol. The molecule has 0 unspecified atom stereocenters. The van der Waals surface area contributed by atoms with E-state index >= 15 is 0 Å². The molecule has 1 aromatic rings. The van der Waals surface area contributed by atoms with Crippen molar-refractivity contribution in [3.63, 3.8) is 0 Å². The van der Waals surface area contributed by atoms with Crippen molar-refractivity contribution in [3.8, 4) is 6.07 Å². The van der Waals surface area contributed by atoms with E-state index in [0.717, 1.165) is 48.2 Å². The molecule has 1 saturated heterocycles. The van der Waals surface area contributed by atoms with Gasteiger partial charge in [0.2, 0.25) is 0 Å². The molecule has 1 heterocycles. The van der Waals surface area contributed by atoms with Gasteiger partial charge < -0.3 is 10.2 Å². The second-order valence-electron chi connectivity index (χ2n) is 5.20. The molecule has 0 saturated carbocycles. The fourth-order valence-electron chi connectivity index (χ4n) is 2.84. The highest BCUT2D eigenvalue weighted by Crippen LogP contribution is 2.30. The summed E-state index contributed by atoms with van der Waals surface area (Å²) in [4.78, 5) is 3.45. The van der Waals surface area contributed by atoms with E-state index in [1.54, 1.807) is 11.8 Å². The zero-order chi connectivity index (χ0) is 14.4. The number of hydrogen-bond acceptors (Lipinski definition) is 4. The Bertz CT molecular complexity index is 475. The number of thioether (sulfide) groups is 1. The Hall–Kier alpha value is -1.18. The van der Waals surface area contributed by atoms with Crippen molar-refractivity contribution < 1.29 is 0 Å². The molecule has 2 rings (SSSR count). The van der Waals surface area contributed by atoms with E-state index < -0.39 is 0 Å². The van der Waals surface area contributed by atoms with Crippen molar-refractivity contribution in [2.24, 2.45) is 5.92 Å². The molecule has 108 valence electrons. The van der Waals surface area contributed by atoms with Crippen molar-refractivity contribution in [1.29, 1.82) is 5.26 Å². The average Bonchev–Trinajstić information content (AvgIpc) is 2.52. The Kier molecular flexibility index (Phi) is 5.75. The first-order chi connectivity index (χ1) is 9.80. The van der Waals surface area contributed by atoms with E-state index in [4.69, 9.17) is 0 Å². The molecule has 0 aromatic heterocycles. The Balaban J connectivity index is 2.20. The molecule has 1 fully saturated rings. The van der Waals surface area contributed by atoms with Gasteiger partial charge in [-0.05, 0) is 57.2 Å². The molecule has 0 spiro atoms. The van der Waals surface area contributed by atoms with E-state index in [1.165, 1.54) is 12.8 Å². The Morgan fingerprint density at radius 2 is 2.15 bits per heavy atom. The maximum Gasteiger partial charge on any atom is 0.103 e. The fraction of sp³-hybridized carbons (Fsp3) is 0.562. The molecule has 0 bridgehead atoms. The molecule has 0 atom stereocenters. The molecule has 1 aliphatic heterocycles. The summed E-state index contributed by atoms with van der Waals surface area (Å²) in [6.07, 6.45) is 4.50. The van der Waals surface area contributed by atoms with E-state index in [-0.39, 0.29) is 0 Å². The van der Waals surface area contributed by atoms with Crippen LogP contribution in [0.2, 0.25) is 0 Å². The number of benzene rings is 1. The summed E-state index contributed by atoms with van der Waals surface area (Å²) in [5.41, 5.74) is 1.93. The molecule has 1 aliphatic rings. The van der Waals surface area contributed by atoms with Crippen molar-refractivity contribution in [2.45, 2.75) is 24.7 Å². The summed E-state index contributed by atoms with van der Waals surface area (Å²) in [7, 11) is 0. The first-order valence-corrected chi connectivity index (χ1v) is 8.55. The third-order valence-electron chi connectivity index (χ3n) is 4.00. The quantitative estimate of drug-likeness (QED) is 0.845. The second kappa shape index (κ2) is 7.56. The first-order valence-electron chi connectivity index (χ1n) is 7.33. The first kappa shape index (κ1) is 15.2. The van der Waals surface area contributed by atoms with Gasteiger partial charge >= 0.3 is 0 Å². The van der Waals surface area contributed by atoms with Gasteiger partial charge in [-0.15, -0.1) is 11.8 Å². The smallest absolute Gasteiger partial charge is 0.103 e. The van der Waals surface area contributed by atoms with Gasteiger partial charge in [-0.3, -0.25) is 0 Å². The number of nitrogens with one attached hydrogen (secondary N) is 1. The van der Waals surface area contributed by atoms with Crippen LogP contribution in [0.15, 0.2) is 23.1 Å². The number of piperidine rings is 1. The van der Waals surface area contributed by atoms with Crippen LogP contribution in [0.25, 0.3) is 0 Å². The minimum Gasteiger partial charge on any atom is -0.370 e.